The molecule has 3 atom stereocenters. The van der Waals surface area contributed by atoms with Crippen LogP contribution in [0, 0.1) is 11.8 Å². The molecule has 0 aromatic rings. The number of hydrogen-bond donors (Lipinski definition) is 1. The lowest BCUT2D eigenvalue weighted by atomic mass is 9.92. The Kier molecular flexibility index (Phi) is 44.4. The molecule has 0 fully saturated rings. The highest BCUT2D eigenvalue weighted by atomic mass is 16.5. The van der Waals surface area contributed by atoms with Crippen LogP contribution in [0.1, 0.15) is 234 Å². The summed E-state index contributed by atoms with van der Waals surface area (Å²) >= 11 is 0. The minimum Gasteiger partial charge on any atom is -0.465 e. The molecule has 0 saturated carbocycles. The van der Waals surface area contributed by atoms with Crippen molar-refractivity contribution in [2.24, 2.45) is 17.6 Å². The molecule has 58 heavy (non-hydrogen) atoms. The first-order chi connectivity index (χ1) is 28.5. The van der Waals surface area contributed by atoms with Gasteiger partial charge >= 0.3 is 11.9 Å². The number of carbonyl (C=O) groups is 2. The summed E-state index contributed by atoms with van der Waals surface area (Å²) in [6.45, 7) is 17.2. The van der Waals surface area contributed by atoms with E-state index in [1.165, 1.54) is 103 Å². The Hall–Kier alpha value is -1.22. The fourth-order valence-corrected chi connectivity index (χ4v) is 8.06. The van der Waals surface area contributed by atoms with E-state index in [0.717, 1.165) is 109 Å². The normalized spacial score (nSPS) is 13.2. The fourth-order valence-electron chi connectivity index (χ4n) is 8.06. The smallest absolute Gasteiger partial charge is 0.308 e. The van der Waals surface area contributed by atoms with Crippen molar-refractivity contribution in [1.29, 1.82) is 0 Å². The van der Waals surface area contributed by atoms with Crippen LogP contribution in [0.15, 0.2) is 0 Å². The van der Waals surface area contributed by atoms with Gasteiger partial charge in [0.2, 0.25) is 0 Å². The predicted octanol–water partition coefficient (Wildman–Crippen LogP) is 13.2. The number of ether oxygens (including phenoxy) is 4. The first-order valence-corrected chi connectivity index (χ1v) is 25.4. The molecule has 0 saturated heterocycles. The van der Waals surface area contributed by atoms with Crippen molar-refractivity contribution in [3.05, 3.63) is 0 Å². The molecule has 0 aliphatic rings. The number of rotatable bonds is 47. The average Bonchev–Trinajstić information content (AvgIpc) is 3.23. The molecule has 3 unspecified atom stereocenters. The molecule has 0 amide bonds. The summed E-state index contributed by atoms with van der Waals surface area (Å²) in [6.07, 6.45) is 35.5. The first kappa shape index (κ1) is 56.8. The Morgan fingerprint density at radius 2 is 0.793 bits per heavy atom. The Morgan fingerprint density at radius 1 is 0.397 bits per heavy atom. The van der Waals surface area contributed by atoms with E-state index in [9.17, 15) is 9.59 Å². The van der Waals surface area contributed by atoms with E-state index in [-0.39, 0.29) is 23.8 Å². The topological polar surface area (TPSA) is 100 Å². The number of carbonyl (C=O) groups excluding carboxylic acids is 2. The second-order valence-corrected chi connectivity index (χ2v) is 17.2. The van der Waals surface area contributed by atoms with Crippen molar-refractivity contribution in [3.8, 4) is 0 Å². The van der Waals surface area contributed by atoms with Crippen molar-refractivity contribution in [2.45, 2.75) is 240 Å². The van der Waals surface area contributed by atoms with Gasteiger partial charge in [-0.15, -0.1) is 0 Å². The highest BCUT2D eigenvalue weighted by molar-refractivity contribution is 5.72. The summed E-state index contributed by atoms with van der Waals surface area (Å²) in [5.41, 5.74) is 5.58. The molecule has 0 bridgehead atoms. The van der Waals surface area contributed by atoms with E-state index in [1.54, 1.807) is 0 Å². The predicted molar refractivity (Wildman–Crippen MR) is 246 cm³/mol. The van der Waals surface area contributed by atoms with Gasteiger partial charge in [0.15, 0.2) is 0 Å². The van der Waals surface area contributed by atoms with Gasteiger partial charge in [-0.05, 0) is 64.3 Å². The molecule has 8 heteroatoms. The third kappa shape index (κ3) is 35.5. The minimum absolute atomic E-state index is 0.0150. The summed E-state index contributed by atoms with van der Waals surface area (Å²) in [7, 11) is 0. The summed E-state index contributed by atoms with van der Waals surface area (Å²) in [5.74, 6) is 0.169. The number of unbranched alkanes of at least 4 members (excludes halogenated alkanes) is 18. The SMILES string of the molecule is CCCCCCCCC(CCCCCC)C(=O)OCCCCCCN(CCOCCOCCN)C(CCCC)CCCC(CCCCCC)C(=O)OCCCCCC. The first-order valence-electron chi connectivity index (χ1n) is 25.4. The van der Waals surface area contributed by atoms with Gasteiger partial charge < -0.3 is 24.7 Å². The van der Waals surface area contributed by atoms with E-state index in [1.807, 2.05) is 0 Å². The minimum atomic E-state index is 0.0150. The van der Waals surface area contributed by atoms with Crippen molar-refractivity contribution in [1.82, 2.24) is 4.90 Å². The monoisotopic (exact) mass is 825 g/mol. The molecule has 0 aliphatic carbocycles. The van der Waals surface area contributed by atoms with Crippen LogP contribution in [0.2, 0.25) is 0 Å². The van der Waals surface area contributed by atoms with Crippen LogP contribution in [-0.4, -0.2) is 82.2 Å². The largest absolute Gasteiger partial charge is 0.465 e. The van der Waals surface area contributed by atoms with Crippen molar-refractivity contribution in [2.75, 3.05) is 59.3 Å². The molecule has 0 rings (SSSR count). The lowest BCUT2D eigenvalue weighted by Crippen LogP contribution is -2.39. The van der Waals surface area contributed by atoms with Crippen molar-refractivity contribution < 1.29 is 28.5 Å². The van der Waals surface area contributed by atoms with Gasteiger partial charge in [-0.1, -0.05) is 176 Å². The number of hydrogen-bond acceptors (Lipinski definition) is 8. The second-order valence-electron chi connectivity index (χ2n) is 17.2. The maximum atomic E-state index is 13.3. The van der Waals surface area contributed by atoms with Crippen LogP contribution in [0.5, 0.6) is 0 Å². The molecule has 0 aromatic carbocycles. The molecule has 0 radical (unpaired) electrons. The zero-order valence-corrected chi connectivity index (χ0v) is 39.5. The van der Waals surface area contributed by atoms with Gasteiger partial charge in [0.25, 0.3) is 0 Å². The van der Waals surface area contributed by atoms with Gasteiger partial charge in [0.1, 0.15) is 0 Å². The van der Waals surface area contributed by atoms with E-state index < -0.39 is 0 Å². The Morgan fingerprint density at radius 3 is 1.31 bits per heavy atom. The van der Waals surface area contributed by atoms with Crippen LogP contribution in [0.25, 0.3) is 0 Å². The highest BCUT2D eigenvalue weighted by Gasteiger charge is 2.23. The highest BCUT2D eigenvalue weighted by Crippen LogP contribution is 2.24. The van der Waals surface area contributed by atoms with Gasteiger partial charge in [-0.3, -0.25) is 14.5 Å². The lowest BCUT2D eigenvalue weighted by molar-refractivity contribution is -0.150. The lowest BCUT2D eigenvalue weighted by Gasteiger charge is -2.32. The maximum absolute atomic E-state index is 13.3. The van der Waals surface area contributed by atoms with E-state index in [4.69, 9.17) is 24.7 Å². The number of esters is 2. The molecule has 0 aliphatic heterocycles. The molecule has 8 nitrogen and oxygen atoms in total. The van der Waals surface area contributed by atoms with Crippen LogP contribution in [-0.2, 0) is 28.5 Å². The maximum Gasteiger partial charge on any atom is 0.308 e. The van der Waals surface area contributed by atoms with Gasteiger partial charge in [-0.2, -0.15) is 0 Å². The second kappa shape index (κ2) is 45.3. The fraction of sp³-hybridized carbons (Fsp3) is 0.960. The van der Waals surface area contributed by atoms with Crippen LogP contribution in [0.4, 0.5) is 0 Å². The van der Waals surface area contributed by atoms with E-state index in [0.29, 0.717) is 52.2 Å². The van der Waals surface area contributed by atoms with Crippen molar-refractivity contribution >= 4 is 11.9 Å². The molecule has 2 N–H and O–H groups in total. The van der Waals surface area contributed by atoms with Gasteiger partial charge in [0.05, 0.1) is 51.5 Å². The summed E-state index contributed by atoms with van der Waals surface area (Å²) < 4.78 is 23.3. The van der Waals surface area contributed by atoms with Crippen molar-refractivity contribution in [3.63, 3.8) is 0 Å². The molecule has 346 valence electrons. The molecule has 0 heterocycles. The van der Waals surface area contributed by atoms with Crippen LogP contribution < -0.4 is 5.73 Å². The summed E-state index contributed by atoms with van der Waals surface area (Å²) in [6, 6.07) is 0.477. The number of nitrogens with two attached hydrogens (primary N) is 1. The zero-order valence-electron chi connectivity index (χ0n) is 39.5. The van der Waals surface area contributed by atoms with E-state index in [2.05, 4.69) is 39.5 Å². The zero-order chi connectivity index (χ0) is 42.6. The quantitative estimate of drug-likeness (QED) is 0.0478. The van der Waals surface area contributed by atoms with Gasteiger partial charge in [-0.25, -0.2) is 0 Å². The molecular formula is C50H100N2O6. The molecule has 0 spiro atoms. The summed E-state index contributed by atoms with van der Waals surface area (Å²) in [4.78, 5) is 29.1. The summed E-state index contributed by atoms with van der Waals surface area (Å²) in [5, 5.41) is 0. The Balaban J connectivity index is 5.22. The molecular weight excluding hydrogens is 725 g/mol. The Bertz CT molecular complexity index is 860. The van der Waals surface area contributed by atoms with E-state index >= 15 is 0 Å². The standard InChI is InChI=1S/C50H100N2O6/c1-6-11-16-20-21-26-33-46(31-24-17-12-7-2)49(53)58-41-29-23-22-27-38-52(39-43-56-45-44-55-42-37-51)48(35-15-10-5)36-30-34-47(32-25-18-13-8-3)50(54)57-40-28-19-14-9-4/h46-48H,6-45,51H2,1-5H3. The number of nitrogens with zero attached hydrogens (tertiary/aromatic N) is 1. The molecule has 0 aromatic heterocycles. The van der Waals surface area contributed by atoms with Gasteiger partial charge in [0, 0.05) is 19.1 Å². The Labute approximate surface area is 360 Å². The van der Waals surface area contributed by atoms with Crippen LogP contribution >= 0.6 is 0 Å². The third-order valence-corrected chi connectivity index (χ3v) is 11.9. The average molecular weight is 825 g/mol. The third-order valence-electron chi connectivity index (χ3n) is 11.9. The van der Waals surface area contributed by atoms with Crippen LogP contribution in [0.3, 0.4) is 0 Å².